The summed E-state index contributed by atoms with van der Waals surface area (Å²) in [6.07, 6.45) is 0.895. The molecule has 0 saturated carbocycles. The molecule has 0 spiro atoms. The van der Waals surface area contributed by atoms with Gasteiger partial charge in [0.2, 0.25) is 0 Å². The van der Waals surface area contributed by atoms with E-state index in [0.29, 0.717) is 0 Å². The predicted molar refractivity (Wildman–Crippen MR) is 74.4 cm³/mol. The molecule has 0 N–H and O–H groups in total. The molecule has 2 aromatic heterocycles. The average Bonchev–Trinajstić information content (AvgIpc) is 2.81. The van der Waals surface area contributed by atoms with Crippen molar-refractivity contribution in [2.24, 2.45) is 0 Å². The number of thioether (sulfide) groups is 1. The van der Waals surface area contributed by atoms with E-state index in [4.69, 9.17) is 4.98 Å². The molecule has 0 amide bonds. The number of fused-ring (bicyclic) bond motifs is 1. The number of aromatic nitrogens is 4. The lowest BCUT2D eigenvalue weighted by molar-refractivity contribution is 0.803. The van der Waals surface area contributed by atoms with E-state index >= 15 is 0 Å². The molecule has 0 unspecified atom stereocenters. The van der Waals surface area contributed by atoms with Crippen LogP contribution < -0.4 is 4.90 Å². The molecule has 1 aliphatic heterocycles. The minimum Gasteiger partial charge on any atom is -0.355 e. The number of hydrogen-bond acceptors (Lipinski definition) is 5. The molecule has 0 aromatic carbocycles. The molecule has 1 saturated heterocycles. The zero-order chi connectivity index (χ0) is 12.5. The maximum atomic E-state index is 4.78. The standard InChI is InChI=1S/C12H17N5S/c1-3-10-13-11(16-4-6-18-7-5-16)8-12-15-14-9(2)17(10)12/h8H,3-7H2,1-2H3. The minimum atomic E-state index is 0.895. The van der Waals surface area contributed by atoms with Gasteiger partial charge in [0.05, 0.1) is 0 Å². The third-order valence-corrected chi connectivity index (χ3v) is 4.20. The molecule has 0 atom stereocenters. The van der Waals surface area contributed by atoms with Crippen LogP contribution in [-0.4, -0.2) is 44.2 Å². The van der Waals surface area contributed by atoms with Crippen molar-refractivity contribution in [3.05, 3.63) is 17.7 Å². The SMILES string of the molecule is CCc1nc(N2CCSCC2)cc2nnc(C)n12. The van der Waals surface area contributed by atoms with Gasteiger partial charge in [0.15, 0.2) is 5.65 Å². The molecule has 18 heavy (non-hydrogen) atoms. The second-order valence-corrected chi connectivity index (χ2v) is 5.65. The lowest BCUT2D eigenvalue weighted by Gasteiger charge is -2.27. The normalized spacial score (nSPS) is 16.4. The van der Waals surface area contributed by atoms with E-state index in [1.165, 1.54) is 11.5 Å². The van der Waals surface area contributed by atoms with Gasteiger partial charge in [0.1, 0.15) is 17.5 Å². The highest BCUT2D eigenvalue weighted by atomic mass is 32.2. The number of rotatable bonds is 2. The summed E-state index contributed by atoms with van der Waals surface area (Å²) in [5, 5.41) is 8.36. The summed E-state index contributed by atoms with van der Waals surface area (Å²) < 4.78 is 2.04. The van der Waals surface area contributed by atoms with Crippen molar-refractivity contribution in [2.45, 2.75) is 20.3 Å². The van der Waals surface area contributed by atoms with Crippen molar-refractivity contribution in [2.75, 3.05) is 29.5 Å². The zero-order valence-electron chi connectivity index (χ0n) is 10.8. The van der Waals surface area contributed by atoms with Crippen LogP contribution in [0.25, 0.3) is 5.65 Å². The van der Waals surface area contributed by atoms with Gasteiger partial charge in [-0.3, -0.25) is 4.40 Å². The van der Waals surface area contributed by atoms with Gasteiger partial charge in [0, 0.05) is 37.1 Å². The number of aryl methyl sites for hydroxylation is 2. The van der Waals surface area contributed by atoms with Gasteiger partial charge < -0.3 is 4.90 Å². The van der Waals surface area contributed by atoms with Crippen LogP contribution in [0.5, 0.6) is 0 Å². The van der Waals surface area contributed by atoms with E-state index in [0.717, 1.165) is 42.6 Å². The third-order valence-electron chi connectivity index (χ3n) is 3.26. The summed E-state index contributed by atoms with van der Waals surface area (Å²) in [6.45, 7) is 6.24. The van der Waals surface area contributed by atoms with Crippen molar-refractivity contribution < 1.29 is 0 Å². The van der Waals surface area contributed by atoms with Crippen LogP contribution in [0.1, 0.15) is 18.6 Å². The maximum Gasteiger partial charge on any atom is 0.165 e. The van der Waals surface area contributed by atoms with Crippen LogP contribution in [0, 0.1) is 6.92 Å². The van der Waals surface area contributed by atoms with E-state index in [-0.39, 0.29) is 0 Å². The van der Waals surface area contributed by atoms with Crippen LogP contribution in [0.3, 0.4) is 0 Å². The summed E-state index contributed by atoms with van der Waals surface area (Å²) in [4.78, 5) is 7.12. The van der Waals surface area contributed by atoms with Crippen LogP contribution in [-0.2, 0) is 6.42 Å². The highest BCUT2D eigenvalue weighted by Gasteiger charge is 2.16. The highest BCUT2D eigenvalue weighted by Crippen LogP contribution is 2.20. The fourth-order valence-corrected chi connectivity index (χ4v) is 3.22. The van der Waals surface area contributed by atoms with Gasteiger partial charge in [-0.15, -0.1) is 10.2 Å². The molecule has 0 bridgehead atoms. The molecule has 1 fully saturated rings. The Morgan fingerprint density at radius 3 is 2.78 bits per heavy atom. The third kappa shape index (κ3) is 1.94. The molecule has 96 valence electrons. The smallest absolute Gasteiger partial charge is 0.165 e. The van der Waals surface area contributed by atoms with E-state index in [1.54, 1.807) is 0 Å². The fraction of sp³-hybridized carbons (Fsp3) is 0.583. The highest BCUT2D eigenvalue weighted by molar-refractivity contribution is 7.99. The van der Waals surface area contributed by atoms with Crippen LogP contribution >= 0.6 is 11.8 Å². The molecule has 6 heteroatoms. The lowest BCUT2D eigenvalue weighted by atomic mass is 10.3. The second kappa shape index (κ2) is 4.76. The lowest BCUT2D eigenvalue weighted by Crippen LogP contribution is -2.33. The van der Waals surface area contributed by atoms with E-state index < -0.39 is 0 Å². The van der Waals surface area contributed by atoms with Gasteiger partial charge in [-0.2, -0.15) is 11.8 Å². The van der Waals surface area contributed by atoms with Crippen molar-refractivity contribution >= 4 is 23.2 Å². The Labute approximate surface area is 111 Å². The summed E-state index contributed by atoms with van der Waals surface area (Å²) >= 11 is 2.01. The molecule has 1 aliphatic rings. The van der Waals surface area contributed by atoms with E-state index in [9.17, 15) is 0 Å². The zero-order valence-corrected chi connectivity index (χ0v) is 11.6. The molecule has 5 nitrogen and oxygen atoms in total. The largest absolute Gasteiger partial charge is 0.355 e. The summed E-state index contributed by atoms with van der Waals surface area (Å²) in [7, 11) is 0. The van der Waals surface area contributed by atoms with Gasteiger partial charge in [-0.05, 0) is 6.92 Å². The van der Waals surface area contributed by atoms with Gasteiger partial charge in [-0.25, -0.2) is 4.98 Å². The molecule has 0 radical (unpaired) electrons. The summed E-state index contributed by atoms with van der Waals surface area (Å²) in [5.41, 5.74) is 0.910. The molecule has 2 aromatic rings. The Hall–Kier alpha value is -1.30. The van der Waals surface area contributed by atoms with E-state index in [2.05, 4.69) is 28.1 Å². The molecule has 0 aliphatic carbocycles. The summed E-state index contributed by atoms with van der Waals surface area (Å²) in [6, 6.07) is 2.05. The van der Waals surface area contributed by atoms with E-state index in [1.807, 2.05) is 23.1 Å². The Morgan fingerprint density at radius 2 is 2.06 bits per heavy atom. The first-order valence-corrected chi connectivity index (χ1v) is 7.49. The Bertz CT molecular complexity index is 559. The van der Waals surface area contributed by atoms with Crippen molar-refractivity contribution in [3.8, 4) is 0 Å². The number of anilines is 1. The summed E-state index contributed by atoms with van der Waals surface area (Å²) in [5.74, 6) is 5.37. The van der Waals surface area contributed by atoms with Crippen molar-refractivity contribution in [3.63, 3.8) is 0 Å². The quantitative estimate of drug-likeness (QED) is 0.822. The monoisotopic (exact) mass is 263 g/mol. The first-order valence-electron chi connectivity index (χ1n) is 6.34. The number of nitrogens with zero attached hydrogens (tertiary/aromatic N) is 5. The van der Waals surface area contributed by atoms with Gasteiger partial charge in [0.25, 0.3) is 0 Å². The average molecular weight is 263 g/mol. The fourth-order valence-electron chi connectivity index (χ4n) is 2.31. The molecule has 3 rings (SSSR count). The van der Waals surface area contributed by atoms with Gasteiger partial charge >= 0.3 is 0 Å². The van der Waals surface area contributed by atoms with Crippen LogP contribution in [0.2, 0.25) is 0 Å². The Morgan fingerprint density at radius 1 is 1.28 bits per heavy atom. The van der Waals surface area contributed by atoms with Crippen LogP contribution in [0.4, 0.5) is 5.82 Å². The van der Waals surface area contributed by atoms with Gasteiger partial charge in [-0.1, -0.05) is 6.92 Å². The topological polar surface area (TPSA) is 46.3 Å². The minimum absolute atomic E-state index is 0.895. The second-order valence-electron chi connectivity index (χ2n) is 4.42. The Balaban J connectivity index is 2.07. The molecule has 3 heterocycles. The first-order chi connectivity index (χ1) is 8.79. The number of hydrogen-bond donors (Lipinski definition) is 0. The van der Waals surface area contributed by atoms with Crippen molar-refractivity contribution in [1.82, 2.24) is 19.6 Å². The van der Waals surface area contributed by atoms with Crippen molar-refractivity contribution in [1.29, 1.82) is 0 Å². The Kier molecular flexibility index (Phi) is 3.11. The molecular formula is C12H17N5S. The predicted octanol–water partition coefficient (Wildman–Crippen LogP) is 1.55. The first kappa shape index (κ1) is 11.8. The maximum absolute atomic E-state index is 4.78. The van der Waals surface area contributed by atoms with Crippen LogP contribution in [0.15, 0.2) is 6.07 Å². The molecular weight excluding hydrogens is 246 g/mol.